The van der Waals surface area contributed by atoms with Crippen LogP contribution in [0.2, 0.25) is 0 Å². The average Bonchev–Trinajstić information content (AvgIpc) is 2.89. The molecule has 2 aliphatic heterocycles. The second-order valence-electron chi connectivity index (χ2n) is 9.24. The Labute approximate surface area is 201 Å². The minimum atomic E-state index is -3.62. The van der Waals surface area contributed by atoms with Gasteiger partial charge in [-0.2, -0.15) is 4.31 Å². The minimum Gasteiger partial charge on any atom is -0.379 e. The number of pyridine rings is 1. The Hall–Kier alpha value is -2.24. The number of carbonyl (C=O) groups is 2. The largest absolute Gasteiger partial charge is 0.379 e. The highest BCUT2D eigenvalue weighted by Gasteiger charge is 2.28. The summed E-state index contributed by atoms with van der Waals surface area (Å²) in [4.78, 5) is 32.9. The topological polar surface area (TPSA) is 112 Å². The van der Waals surface area contributed by atoms with Crippen molar-refractivity contribution in [2.24, 2.45) is 5.92 Å². The van der Waals surface area contributed by atoms with Crippen molar-refractivity contribution >= 4 is 27.8 Å². The highest BCUT2D eigenvalue weighted by molar-refractivity contribution is 7.89. The number of hydrogen-bond donors (Lipinski definition) is 1. The van der Waals surface area contributed by atoms with Crippen LogP contribution in [0.1, 0.15) is 44.9 Å². The van der Waals surface area contributed by atoms with Crippen LogP contribution in [0.15, 0.2) is 23.2 Å². The van der Waals surface area contributed by atoms with Gasteiger partial charge >= 0.3 is 6.03 Å². The zero-order chi connectivity index (χ0) is 24.0. The number of piperazine rings is 1. The number of carbonyl (C=O) groups excluding carboxylic acids is 2. The molecule has 3 aliphatic rings. The van der Waals surface area contributed by atoms with Gasteiger partial charge in [0.2, 0.25) is 15.9 Å². The van der Waals surface area contributed by atoms with E-state index in [1.165, 1.54) is 54.7 Å². The molecule has 188 valence electrons. The predicted octanol–water partition coefficient (Wildman–Crippen LogP) is 2.14. The van der Waals surface area contributed by atoms with E-state index in [0.29, 0.717) is 64.8 Å². The molecule has 0 bridgehead atoms. The molecule has 10 nitrogen and oxygen atoms in total. The zero-order valence-corrected chi connectivity index (χ0v) is 20.5. The lowest BCUT2D eigenvalue weighted by Gasteiger charge is -2.35. The number of morpholine rings is 1. The number of amides is 3. The highest BCUT2D eigenvalue weighted by Crippen LogP contribution is 2.27. The van der Waals surface area contributed by atoms with Crippen molar-refractivity contribution in [1.29, 1.82) is 0 Å². The van der Waals surface area contributed by atoms with Gasteiger partial charge in [0.25, 0.3) is 0 Å². The second-order valence-corrected chi connectivity index (χ2v) is 11.2. The van der Waals surface area contributed by atoms with E-state index in [1.807, 2.05) is 4.90 Å². The Balaban J connectivity index is 1.22. The van der Waals surface area contributed by atoms with E-state index in [0.717, 1.165) is 6.42 Å². The molecule has 1 aromatic rings. The van der Waals surface area contributed by atoms with Crippen molar-refractivity contribution < 1.29 is 22.7 Å². The summed E-state index contributed by atoms with van der Waals surface area (Å²) in [6.45, 7) is 3.36. The predicted molar refractivity (Wildman–Crippen MR) is 127 cm³/mol. The first-order chi connectivity index (χ1) is 16.4. The summed E-state index contributed by atoms with van der Waals surface area (Å²) in [5, 5.41) is 2.73. The second kappa shape index (κ2) is 11.5. The van der Waals surface area contributed by atoms with Crippen LogP contribution >= 0.6 is 0 Å². The lowest BCUT2D eigenvalue weighted by atomic mass is 9.86. The molecule has 11 heteroatoms. The fourth-order valence-electron chi connectivity index (χ4n) is 4.85. The summed E-state index contributed by atoms with van der Waals surface area (Å²) in [6, 6.07) is 2.65. The number of sulfonamides is 1. The molecule has 0 atom stereocenters. The van der Waals surface area contributed by atoms with Crippen LogP contribution in [0, 0.1) is 5.92 Å². The summed E-state index contributed by atoms with van der Waals surface area (Å²) < 4.78 is 32.0. The fraction of sp³-hybridized carbons (Fsp3) is 0.696. The van der Waals surface area contributed by atoms with E-state index in [9.17, 15) is 18.0 Å². The van der Waals surface area contributed by atoms with Crippen molar-refractivity contribution in [2.75, 3.05) is 57.8 Å². The van der Waals surface area contributed by atoms with Crippen molar-refractivity contribution in [3.05, 3.63) is 18.3 Å². The third kappa shape index (κ3) is 6.25. The van der Waals surface area contributed by atoms with Crippen LogP contribution in [-0.2, 0) is 19.6 Å². The van der Waals surface area contributed by atoms with Crippen LogP contribution in [0.3, 0.4) is 0 Å². The standard InChI is InChI=1S/C23H35N5O5S/c29-22(9-6-19-4-2-1-3-5-19)26-10-12-27(13-11-26)23(30)25-21-8-7-20(18-24-21)34(31,32)28-14-16-33-17-15-28/h7-8,18-19H,1-6,9-17H2,(H,24,25,30). The number of aromatic nitrogens is 1. The lowest BCUT2D eigenvalue weighted by molar-refractivity contribution is -0.132. The number of rotatable bonds is 6. The van der Waals surface area contributed by atoms with Crippen LogP contribution in [-0.4, -0.2) is 91.9 Å². The first-order valence-corrected chi connectivity index (χ1v) is 13.7. The van der Waals surface area contributed by atoms with Gasteiger partial charge in [0.05, 0.1) is 13.2 Å². The van der Waals surface area contributed by atoms with E-state index in [4.69, 9.17) is 4.74 Å². The van der Waals surface area contributed by atoms with Gasteiger partial charge in [-0.15, -0.1) is 0 Å². The first-order valence-electron chi connectivity index (χ1n) is 12.3. The van der Waals surface area contributed by atoms with Gasteiger partial charge in [-0.25, -0.2) is 18.2 Å². The number of nitrogens with one attached hydrogen (secondary N) is 1. The molecule has 3 amide bonds. The number of ether oxygens (including phenoxy) is 1. The van der Waals surface area contributed by atoms with Gasteiger partial charge in [0.1, 0.15) is 10.7 Å². The summed E-state index contributed by atoms with van der Waals surface area (Å²) in [5.41, 5.74) is 0. The number of hydrogen-bond acceptors (Lipinski definition) is 6. The van der Waals surface area contributed by atoms with E-state index < -0.39 is 10.0 Å². The Morgan fingerprint density at radius 3 is 2.29 bits per heavy atom. The zero-order valence-electron chi connectivity index (χ0n) is 19.7. The molecule has 0 aromatic carbocycles. The molecular formula is C23H35N5O5S. The summed E-state index contributed by atoms with van der Waals surface area (Å²) in [7, 11) is -3.62. The van der Waals surface area contributed by atoms with Gasteiger partial charge in [0, 0.05) is 51.9 Å². The van der Waals surface area contributed by atoms with Crippen molar-refractivity contribution in [1.82, 2.24) is 19.1 Å². The number of anilines is 1. The smallest absolute Gasteiger partial charge is 0.323 e. The van der Waals surface area contributed by atoms with E-state index >= 15 is 0 Å². The van der Waals surface area contributed by atoms with Crippen LogP contribution in [0.4, 0.5) is 10.6 Å². The molecule has 2 saturated heterocycles. The maximum absolute atomic E-state index is 12.7. The first kappa shape index (κ1) is 24.9. The molecule has 34 heavy (non-hydrogen) atoms. The molecule has 1 aliphatic carbocycles. The van der Waals surface area contributed by atoms with E-state index in [2.05, 4.69) is 10.3 Å². The van der Waals surface area contributed by atoms with Crippen molar-refractivity contribution in [3.63, 3.8) is 0 Å². The maximum atomic E-state index is 12.7. The summed E-state index contributed by atoms with van der Waals surface area (Å²) in [5.74, 6) is 1.16. The number of urea groups is 1. The number of nitrogens with zero attached hydrogens (tertiary/aromatic N) is 4. The Morgan fingerprint density at radius 2 is 1.65 bits per heavy atom. The maximum Gasteiger partial charge on any atom is 0.323 e. The molecule has 3 fully saturated rings. The molecule has 3 heterocycles. The van der Waals surface area contributed by atoms with E-state index in [1.54, 1.807) is 4.90 Å². The molecular weight excluding hydrogens is 458 g/mol. The van der Waals surface area contributed by atoms with E-state index in [-0.39, 0.29) is 22.7 Å². The van der Waals surface area contributed by atoms with Gasteiger partial charge in [-0.05, 0) is 24.5 Å². The third-order valence-electron chi connectivity index (χ3n) is 6.99. The summed E-state index contributed by atoms with van der Waals surface area (Å²) >= 11 is 0. The van der Waals surface area contributed by atoms with Crippen molar-refractivity contribution in [2.45, 2.75) is 49.8 Å². The molecule has 0 spiro atoms. The van der Waals surface area contributed by atoms with Crippen LogP contribution in [0.25, 0.3) is 0 Å². The highest BCUT2D eigenvalue weighted by atomic mass is 32.2. The van der Waals surface area contributed by atoms with Gasteiger partial charge < -0.3 is 14.5 Å². The molecule has 4 rings (SSSR count). The third-order valence-corrected chi connectivity index (χ3v) is 8.87. The molecule has 1 saturated carbocycles. The average molecular weight is 494 g/mol. The Bertz CT molecular complexity index is 935. The molecule has 0 radical (unpaired) electrons. The van der Waals surface area contributed by atoms with Gasteiger partial charge in [-0.1, -0.05) is 32.1 Å². The van der Waals surface area contributed by atoms with Gasteiger partial charge in [0.15, 0.2) is 0 Å². The van der Waals surface area contributed by atoms with Crippen LogP contribution in [0.5, 0.6) is 0 Å². The normalized spacial score (nSPS) is 20.8. The van der Waals surface area contributed by atoms with Gasteiger partial charge in [-0.3, -0.25) is 10.1 Å². The summed E-state index contributed by atoms with van der Waals surface area (Å²) in [6.07, 6.45) is 9.22. The SMILES string of the molecule is O=C(CCC1CCCCC1)N1CCN(C(=O)Nc2ccc(S(=O)(=O)N3CCOCC3)cn2)CC1. The lowest BCUT2D eigenvalue weighted by Crippen LogP contribution is -2.51. The van der Waals surface area contributed by atoms with Crippen molar-refractivity contribution in [3.8, 4) is 0 Å². The van der Waals surface area contributed by atoms with Crippen LogP contribution < -0.4 is 5.32 Å². The quantitative estimate of drug-likeness (QED) is 0.650. The molecule has 1 N–H and O–H groups in total. The Kier molecular flexibility index (Phi) is 8.38. The monoisotopic (exact) mass is 493 g/mol. The molecule has 1 aromatic heterocycles. The minimum absolute atomic E-state index is 0.0905. The fourth-order valence-corrected chi connectivity index (χ4v) is 6.21. The Morgan fingerprint density at radius 1 is 0.971 bits per heavy atom. The molecule has 0 unspecified atom stereocenters.